The van der Waals surface area contributed by atoms with Crippen LogP contribution in [0.15, 0.2) is 73.3 Å². The Morgan fingerprint density at radius 2 is 1.52 bits per heavy atom. The Morgan fingerprint density at radius 1 is 1.04 bits per heavy atom. The van der Waals surface area contributed by atoms with Crippen LogP contribution < -0.4 is 10.4 Å². The smallest absolute Gasteiger partial charge is 0.261 e. The molecule has 3 heteroatoms. The van der Waals surface area contributed by atoms with E-state index in [4.69, 9.17) is 4.43 Å². The minimum atomic E-state index is -2.54. The molecule has 0 fully saturated rings. The van der Waals surface area contributed by atoms with E-state index < -0.39 is 8.32 Å². The number of rotatable bonds is 9. The van der Waals surface area contributed by atoms with E-state index in [0.29, 0.717) is 13.0 Å². The van der Waals surface area contributed by atoms with Crippen molar-refractivity contribution < 1.29 is 9.22 Å². The lowest BCUT2D eigenvalue weighted by molar-refractivity contribution is -0.122. The summed E-state index contributed by atoms with van der Waals surface area (Å²) in [5, 5.41) is 2.43. The zero-order chi connectivity index (χ0) is 19.9. The minimum absolute atomic E-state index is 0.00486. The van der Waals surface area contributed by atoms with E-state index in [0.717, 1.165) is 6.42 Å². The normalized spacial score (nSPS) is 13.2. The van der Waals surface area contributed by atoms with Crippen LogP contribution in [0.5, 0.6) is 0 Å². The summed E-state index contributed by atoms with van der Waals surface area (Å²) in [5.74, 6) is 0.248. The molecule has 1 atom stereocenters. The molecule has 0 aromatic heterocycles. The van der Waals surface area contributed by atoms with Crippen LogP contribution in [0.2, 0.25) is 5.04 Å². The lowest BCUT2D eigenvalue weighted by atomic mass is 10.0. The van der Waals surface area contributed by atoms with Gasteiger partial charge in [0.25, 0.3) is 8.32 Å². The summed E-state index contributed by atoms with van der Waals surface area (Å²) in [5.41, 5.74) is 0. The number of hydrogen-bond donors (Lipinski definition) is 0. The predicted octanol–water partition coefficient (Wildman–Crippen LogP) is 4.73. The Labute approximate surface area is 165 Å². The molecule has 0 heterocycles. The predicted molar refractivity (Wildman–Crippen MR) is 117 cm³/mol. The van der Waals surface area contributed by atoms with Gasteiger partial charge in [-0.25, -0.2) is 0 Å². The number of Topliss-reactive ketones (excluding diaryl/α,β-unsaturated/α-hetero) is 1. The Balaban J connectivity index is 2.38. The minimum Gasteiger partial charge on any atom is -0.407 e. The molecule has 2 nitrogen and oxygen atoms in total. The van der Waals surface area contributed by atoms with E-state index in [1.165, 1.54) is 10.4 Å². The largest absolute Gasteiger partial charge is 0.407 e. The molecule has 0 aliphatic rings. The molecule has 2 rings (SSSR count). The number of allylic oxidation sites excluding steroid dienone is 1. The number of carbonyl (C=O) groups excluding carboxylic acids is 1. The third-order valence-electron chi connectivity index (χ3n) is 5.15. The first kappa shape index (κ1) is 21.3. The van der Waals surface area contributed by atoms with Crippen molar-refractivity contribution in [2.75, 3.05) is 6.61 Å². The Hall–Kier alpha value is -1.97. The first-order valence-electron chi connectivity index (χ1n) is 9.71. The summed E-state index contributed by atoms with van der Waals surface area (Å²) in [7, 11) is -2.54. The lowest BCUT2D eigenvalue weighted by Crippen LogP contribution is -2.66. The molecule has 0 aliphatic carbocycles. The van der Waals surface area contributed by atoms with Gasteiger partial charge in [-0.05, 0) is 21.8 Å². The molecule has 0 saturated heterocycles. The van der Waals surface area contributed by atoms with Gasteiger partial charge < -0.3 is 4.43 Å². The van der Waals surface area contributed by atoms with Crippen LogP contribution in [-0.4, -0.2) is 20.7 Å². The molecule has 0 aliphatic heterocycles. The van der Waals surface area contributed by atoms with Crippen molar-refractivity contribution in [2.45, 2.75) is 45.6 Å². The van der Waals surface area contributed by atoms with Gasteiger partial charge in [0.2, 0.25) is 0 Å². The van der Waals surface area contributed by atoms with E-state index in [-0.39, 0.29) is 16.7 Å². The summed E-state index contributed by atoms with van der Waals surface area (Å²) in [4.78, 5) is 12.4. The molecule has 2 aromatic rings. The quantitative estimate of drug-likeness (QED) is 0.464. The topological polar surface area (TPSA) is 26.3 Å². The third kappa shape index (κ3) is 4.85. The highest BCUT2D eigenvalue weighted by Gasteiger charge is 2.50. The average Bonchev–Trinajstić information content (AvgIpc) is 2.65. The summed E-state index contributed by atoms with van der Waals surface area (Å²) in [6.45, 7) is 12.9. The molecule has 2 aromatic carbocycles. The highest BCUT2D eigenvalue weighted by Crippen LogP contribution is 2.36. The van der Waals surface area contributed by atoms with Gasteiger partial charge in [-0.1, -0.05) is 94.4 Å². The van der Waals surface area contributed by atoms with Gasteiger partial charge in [-0.3, -0.25) is 4.79 Å². The second-order valence-corrected chi connectivity index (χ2v) is 12.5. The molecular weight excluding hydrogens is 348 g/mol. The van der Waals surface area contributed by atoms with E-state index in [1.54, 1.807) is 0 Å². The highest BCUT2D eigenvalue weighted by atomic mass is 28.4. The zero-order valence-corrected chi connectivity index (χ0v) is 18.1. The summed E-state index contributed by atoms with van der Waals surface area (Å²) >= 11 is 0. The van der Waals surface area contributed by atoms with Gasteiger partial charge in [0.05, 0.1) is 0 Å². The lowest BCUT2D eigenvalue weighted by Gasteiger charge is -2.43. The Kier molecular flexibility index (Phi) is 7.34. The standard InChI is InChI=1S/C24H32O2Si/c1-6-13-20(2)23(25)18-19-26-27(24(3,4)5,21-14-9-7-10-15-21)22-16-11-8-12-17-22/h6-12,14-17,20H,1,13,18-19H2,2-5H3. The van der Waals surface area contributed by atoms with Crippen LogP contribution in [0.25, 0.3) is 0 Å². The SMILES string of the molecule is C=CCC(C)C(=O)CCO[Si](c1ccccc1)(c1ccccc1)C(C)(C)C. The molecule has 1 unspecified atom stereocenters. The second-order valence-electron chi connectivity index (χ2n) is 8.15. The first-order chi connectivity index (χ1) is 12.8. The van der Waals surface area contributed by atoms with Gasteiger partial charge in [-0.2, -0.15) is 0 Å². The van der Waals surface area contributed by atoms with Crippen molar-refractivity contribution in [1.29, 1.82) is 0 Å². The maximum atomic E-state index is 12.4. The Bertz CT molecular complexity index is 692. The Morgan fingerprint density at radius 3 is 1.93 bits per heavy atom. The van der Waals surface area contributed by atoms with Crippen molar-refractivity contribution in [3.63, 3.8) is 0 Å². The van der Waals surface area contributed by atoms with Crippen LogP contribution >= 0.6 is 0 Å². The van der Waals surface area contributed by atoms with Crippen LogP contribution in [0.4, 0.5) is 0 Å². The van der Waals surface area contributed by atoms with Crippen LogP contribution in [-0.2, 0) is 9.22 Å². The fraction of sp³-hybridized carbons (Fsp3) is 0.375. The van der Waals surface area contributed by atoms with Crippen molar-refractivity contribution >= 4 is 24.5 Å². The molecule has 27 heavy (non-hydrogen) atoms. The maximum Gasteiger partial charge on any atom is 0.261 e. The maximum absolute atomic E-state index is 12.4. The van der Waals surface area contributed by atoms with E-state index in [9.17, 15) is 4.79 Å². The molecule has 0 bridgehead atoms. The van der Waals surface area contributed by atoms with Gasteiger partial charge >= 0.3 is 0 Å². The van der Waals surface area contributed by atoms with Gasteiger partial charge in [0.15, 0.2) is 0 Å². The molecule has 0 amide bonds. The second kappa shape index (κ2) is 9.29. The van der Waals surface area contributed by atoms with Crippen LogP contribution in [0.1, 0.15) is 40.5 Å². The monoisotopic (exact) mass is 380 g/mol. The van der Waals surface area contributed by atoms with Gasteiger partial charge in [0.1, 0.15) is 5.78 Å². The van der Waals surface area contributed by atoms with Crippen molar-refractivity contribution in [3.05, 3.63) is 73.3 Å². The average molecular weight is 381 g/mol. The molecule has 0 N–H and O–H groups in total. The van der Waals surface area contributed by atoms with Crippen molar-refractivity contribution in [2.24, 2.45) is 5.92 Å². The third-order valence-corrected chi connectivity index (χ3v) is 10.2. The number of benzene rings is 2. The fourth-order valence-electron chi connectivity index (χ4n) is 3.69. The number of carbonyl (C=O) groups is 1. The molecule has 0 spiro atoms. The molecule has 0 radical (unpaired) electrons. The van der Waals surface area contributed by atoms with E-state index in [1.807, 2.05) is 25.1 Å². The fourth-order valence-corrected chi connectivity index (χ4v) is 8.26. The van der Waals surface area contributed by atoms with E-state index >= 15 is 0 Å². The van der Waals surface area contributed by atoms with Gasteiger partial charge in [-0.15, -0.1) is 6.58 Å². The zero-order valence-electron chi connectivity index (χ0n) is 17.1. The van der Waals surface area contributed by atoms with Crippen LogP contribution in [0.3, 0.4) is 0 Å². The highest BCUT2D eigenvalue weighted by molar-refractivity contribution is 6.99. The summed E-state index contributed by atoms with van der Waals surface area (Å²) in [6, 6.07) is 21.1. The first-order valence-corrected chi connectivity index (χ1v) is 11.6. The van der Waals surface area contributed by atoms with Gasteiger partial charge in [0, 0.05) is 18.9 Å². The van der Waals surface area contributed by atoms with Crippen molar-refractivity contribution in [1.82, 2.24) is 0 Å². The van der Waals surface area contributed by atoms with Crippen molar-refractivity contribution in [3.8, 4) is 0 Å². The molecular formula is C24H32O2Si. The number of ketones is 1. The van der Waals surface area contributed by atoms with E-state index in [2.05, 4.69) is 75.9 Å². The molecule has 0 saturated carbocycles. The van der Waals surface area contributed by atoms with Crippen LogP contribution in [0, 0.1) is 5.92 Å². The summed E-state index contributed by atoms with van der Waals surface area (Å²) < 4.78 is 6.76. The number of hydrogen-bond acceptors (Lipinski definition) is 2. The summed E-state index contributed by atoms with van der Waals surface area (Å²) in [6.07, 6.45) is 2.98. The molecule has 144 valence electrons.